The highest BCUT2D eigenvalue weighted by Crippen LogP contribution is 2.28. The number of non-ortho nitro benzene ring substituents is 1. The standard InChI is InChI=1S/C14H12N4O2S/c19-18(20)12-3-1-2-10-11(4-6-17-14(10)12)15-7-5-13-16-8-9-21-13/h1-4,6,8-9H,5,7H2,(H,15,17). The molecule has 7 heteroatoms. The minimum Gasteiger partial charge on any atom is -0.384 e. The van der Waals surface area contributed by atoms with Crippen molar-refractivity contribution in [2.75, 3.05) is 11.9 Å². The first-order valence-electron chi connectivity index (χ1n) is 6.40. The van der Waals surface area contributed by atoms with E-state index < -0.39 is 4.92 Å². The molecule has 0 saturated heterocycles. The van der Waals surface area contributed by atoms with E-state index in [1.807, 2.05) is 17.5 Å². The third-order valence-corrected chi connectivity index (χ3v) is 3.92. The first kappa shape index (κ1) is 13.4. The molecule has 1 aromatic carbocycles. The van der Waals surface area contributed by atoms with E-state index in [9.17, 15) is 10.1 Å². The van der Waals surface area contributed by atoms with Gasteiger partial charge in [0.2, 0.25) is 0 Å². The van der Waals surface area contributed by atoms with Crippen molar-refractivity contribution in [3.05, 3.63) is 57.2 Å². The fourth-order valence-corrected chi connectivity index (χ4v) is 2.76. The van der Waals surface area contributed by atoms with Gasteiger partial charge in [-0.25, -0.2) is 9.97 Å². The van der Waals surface area contributed by atoms with E-state index >= 15 is 0 Å². The van der Waals surface area contributed by atoms with Crippen LogP contribution in [0.1, 0.15) is 5.01 Å². The second-order valence-electron chi connectivity index (χ2n) is 4.39. The minimum absolute atomic E-state index is 0.0241. The third kappa shape index (κ3) is 2.82. The summed E-state index contributed by atoms with van der Waals surface area (Å²) in [5.41, 5.74) is 1.28. The molecule has 0 atom stereocenters. The van der Waals surface area contributed by atoms with Gasteiger partial charge < -0.3 is 5.32 Å². The molecular formula is C14H12N4O2S. The summed E-state index contributed by atoms with van der Waals surface area (Å²) >= 11 is 1.62. The molecule has 0 spiro atoms. The zero-order chi connectivity index (χ0) is 14.7. The number of thiazole rings is 1. The van der Waals surface area contributed by atoms with Crippen LogP contribution < -0.4 is 5.32 Å². The fraction of sp³-hybridized carbons (Fsp3) is 0.143. The maximum Gasteiger partial charge on any atom is 0.295 e. The van der Waals surface area contributed by atoms with Crippen LogP contribution in [0.15, 0.2) is 42.0 Å². The summed E-state index contributed by atoms with van der Waals surface area (Å²) in [6.45, 7) is 0.718. The van der Waals surface area contributed by atoms with E-state index in [4.69, 9.17) is 0 Å². The van der Waals surface area contributed by atoms with Crippen molar-refractivity contribution in [1.29, 1.82) is 0 Å². The number of nitro groups is 1. The molecule has 0 aliphatic heterocycles. The van der Waals surface area contributed by atoms with E-state index in [2.05, 4.69) is 15.3 Å². The smallest absolute Gasteiger partial charge is 0.295 e. The molecular weight excluding hydrogens is 288 g/mol. The quantitative estimate of drug-likeness (QED) is 0.578. The number of nitro benzene ring substituents is 1. The van der Waals surface area contributed by atoms with Gasteiger partial charge in [0.15, 0.2) is 0 Å². The molecule has 0 saturated carbocycles. The Bertz CT molecular complexity index is 774. The van der Waals surface area contributed by atoms with Crippen molar-refractivity contribution in [2.24, 2.45) is 0 Å². The van der Waals surface area contributed by atoms with Gasteiger partial charge in [-0.05, 0) is 6.07 Å². The van der Waals surface area contributed by atoms with Crippen molar-refractivity contribution in [3.8, 4) is 0 Å². The van der Waals surface area contributed by atoms with Gasteiger partial charge in [0, 0.05) is 47.9 Å². The number of pyridine rings is 1. The SMILES string of the molecule is O=[N+]([O-])c1cccc2c(NCCc3nccs3)ccnc12. The predicted molar refractivity (Wildman–Crippen MR) is 82.7 cm³/mol. The normalized spacial score (nSPS) is 10.7. The molecule has 0 amide bonds. The molecule has 2 heterocycles. The molecule has 0 fully saturated rings. The molecule has 0 bridgehead atoms. The molecule has 1 N–H and O–H groups in total. The van der Waals surface area contributed by atoms with Crippen LogP contribution in [0.5, 0.6) is 0 Å². The second kappa shape index (κ2) is 5.84. The van der Waals surface area contributed by atoms with Gasteiger partial charge >= 0.3 is 0 Å². The average Bonchev–Trinajstić information content (AvgIpc) is 3.00. The lowest BCUT2D eigenvalue weighted by Gasteiger charge is -2.08. The lowest BCUT2D eigenvalue weighted by molar-refractivity contribution is -0.383. The third-order valence-electron chi connectivity index (χ3n) is 3.08. The summed E-state index contributed by atoms with van der Waals surface area (Å²) in [5.74, 6) is 0. The van der Waals surface area contributed by atoms with Crippen molar-refractivity contribution in [3.63, 3.8) is 0 Å². The van der Waals surface area contributed by atoms with Crippen LogP contribution in [-0.4, -0.2) is 21.4 Å². The number of nitrogens with one attached hydrogen (secondary N) is 1. The Balaban J connectivity index is 1.85. The average molecular weight is 300 g/mol. The number of hydrogen-bond acceptors (Lipinski definition) is 6. The minimum atomic E-state index is -0.408. The van der Waals surface area contributed by atoms with Gasteiger partial charge in [0.25, 0.3) is 5.69 Å². The second-order valence-corrected chi connectivity index (χ2v) is 5.37. The van der Waals surface area contributed by atoms with E-state index in [0.29, 0.717) is 5.52 Å². The van der Waals surface area contributed by atoms with Gasteiger partial charge in [0.1, 0.15) is 5.52 Å². The summed E-state index contributed by atoms with van der Waals surface area (Å²) in [6, 6.07) is 6.80. The van der Waals surface area contributed by atoms with E-state index in [-0.39, 0.29) is 5.69 Å². The van der Waals surface area contributed by atoms with Crippen LogP contribution in [0.25, 0.3) is 10.9 Å². The molecule has 106 valence electrons. The Hall–Kier alpha value is -2.54. The van der Waals surface area contributed by atoms with Crippen LogP contribution >= 0.6 is 11.3 Å². The number of nitrogens with zero attached hydrogens (tertiary/aromatic N) is 3. The Morgan fingerprint density at radius 3 is 2.90 bits per heavy atom. The van der Waals surface area contributed by atoms with E-state index in [0.717, 1.165) is 29.0 Å². The summed E-state index contributed by atoms with van der Waals surface area (Å²) in [7, 11) is 0. The number of hydrogen-bond donors (Lipinski definition) is 1. The van der Waals surface area contributed by atoms with Crippen molar-refractivity contribution in [2.45, 2.75) is 6.42 Å². The molecule has 0 aliphatic carbocycles. The summed E-state index contributed by atoms with van der Waals surface area (Å²) in [4.78, 5) is 19.0. The molecule has 2 aromatic heterocycles. The first-order chi connectivity index (χ1) is 10.3. The Labute approximate surface area is 124 Å². The van der Waals surface area contributed by atoms with Gasteiger partial charge in [-0.2, -0.15) is 0 Å². The topological polar surface area (TPSA) is 81.0 Å². The van der Waals surface area contributed by atoms with Crippen molar-refractivity contribution >= 4 is 33.6 Å². The highest BCUT2D eigenvalue weighted by Gasteiger charge is 2.14. The molecule has 6 nitrogen and oxygen atoms in total. The van der Waals surface area contributed by atoms with E-state index in [1.165, 1.54) is 6.07 Å². The van der Waals surface area contributed by atoms with Crippen molar-refractivity contribution in [1.82, 2.24) is 9.97 Å². The summed E-state index contributed by atoms with van der Waals surface area (Å²) < 4.78 is 0. The molecule has 0 aliphatic rings. The summed E-state index contributed by atoms with van der Waals surface area (Å²) in [5, 5.41) is 18.1. The molecule has 3 rings (SSSR count). The molecule has 3 aromatic rings. The maximum absolute atomic E-state index is 11.0. The van der Waals surface area contributed by atoms with Crippen molar-refractivity contribution < 1.29 is 4.92 Å². The monoisotopic (exact) mass is 300 g/mol. The summed E-state index contributed by atoms with van der Waals surface area (Å²) in [6.07, 6.45) is 4.18. The van der Waals surface area contributed by atoms with Crippen LogP contribution in [0.2, 0.25) is 0 Å². The molecule has 21 heavy (non-hydrogen) atoms. The number of benzene rings is 1. The van der Waals surface area contributed by atoms with Gasteiger partial charge in [-0.3, -0.25) is 10.1 Å². The Morgan fingerprint density at radius 1 is 1.24 bits per heavy atom. The van der Waals surface area contributed by atoms with Crippen LogP contribution in [0.3, 0.4) is 0 Å². The number of rotatable bonds is 5. The Morgan fingerprint density at radius 2 is 2.14 bits per heavy atom. The highest BCUT2D eigenvalue weighted by molar-refractivity contribution is 7.09. The van der Waals surface area contributed by atoms with E-state index in [1.54, 1.807) is 29.8 Å². The molecule has 0 unspecified atom stereocenters. The number of para-hydroxylation sites is 1. The highest BCUT2D eigenvalue weighted by atomic mass is 32.1. The number of anilines is 1. The zero-order valence-corrected chi connectivity index (χ0v) is 11.8. The lowest BCUT2D eigenvalue weighted by Crippen LogP contribution is -2.05. The Kier molecular flexibility index (Phi) is 3.74. The predicted octanol–water partition coefficient (Wildman–Crippen LogP) is 3.25. The first-order valence-corrected chi connectivity index (χ1v) is 7.28. The van der Waals surface area contributed by atoms with Crippen LogP contribution in [-0.2, 0) is 6.42 Å². The van der Waals surface area contributed by atoms with Gasteiger partial charge in [-0.1, -0.05) is 12.1 Å². The van der Waals surface area contributed by atoms with Gasteiger partial charge in [0.05, 0.1) is 9.93 Å². The largest absolute Gasteiger partial charge is 0.384 e. The zero-order valence-electron chi connectivity index (χ0n) is 11.0. The maximum atomic E-state index is 11.0. The fourth-order valence-electron chi connectivity index (χ4n) is 2.14. The lowest BCUT2D eigenvalue weighted by atomic mass is 10.1. The van der Waals surface area contributed by atoms with Crippen LogP contribution in [0, 0.1) is 10.1 Å². The number of aromatic nitrogens is 2. The van der Waals surface area contributed by atoms with Crippen LogP contribution in [0.4, 0.5) is 11.4 Å². The van der Waals surface area contributed by atoms with Gasteiger partial charge in [-0.15, -0.1) is 11.3 Å². The molecule has 0 radical (unpaired) electrons. The number of fused-ring (bicyclic) bond motifs is 1.